The number of hydrogen-bond acceptors (Lipinski definition) is 5. The van der Waals surface area contributed by atoms with Crippen LogP contribution in [0.4, 0.5) is 0 Å². The van der Waals surface area contributed by atoms with E-state index in [0.717, 1.165) is 12.2 Å². The van der Waals surface area contributed by atoms with Crippen molar-refractivity contribution in [2.75, 3.05) is 20.3 Å². The molecule has 0 N–H and O–H groups in total. The monoisotopic (exact) mass is 275 g/mol. The van der Waals surface area contributed by atoms with Crippen molar-refractivity contribution in [3.63, 3.8) is 0 Å². The number of carbonyl (C=O) groups is 1. The van der Waals surface area contributed by atoms with Crippen LogP contribution in [0.15, 0.2) is 22.1 Å². The molecule has 0 bridgehead atoms. The first-order valence-corrected chi connectivity index (χ1v) is 6.53. The molecule has 1 aromatic rings. The van der Waals surface area contributed by atoms with Crippen molar-refractivity contribution < 1.29 is 18.7 Å². The smallest absolute Gasteiger partial charge is 0.349 e. The fourth-order valence-electron chi connectivity index (χ4n) is 1.94. The topological polar surface area (TPSA) is 72.5 Å². The van der Waals surface area contributed by atoms with Gasteiger partial charge in [0.1, 0.15) is 29.8 Å². The van der Waals surface area contributed by atoms with E-state index in [0.29, 0.717) is 24.2 Å². The Bertz CT molecular complexity index is 552. The maximum absolute atomic E-state index is 11.6. The van der Waals surface area contributed by atoms with E-state index < -0.39 is 5.97 Å². The lowest BCUT2D eigenvalue weighted by molar-refractivity contribution is -0.139. The molecule has 0 aliphatic heterocycles. The van der Waals surface area contributed by atoms with Gasteiger partial charge in [0, 0.05) is 19.1 Å². The lowest BCUT2D eigenvalue weighted by atomic mass is 10.2. The summed E-state index contributed by atoms with van der Waals surface area (Å²) in [6, 6.07) is 5.48. The number of rotatable bonds is 6. The van der Waals surface area contributed by atoms with Gasteiger partial charge in [0.25, 0.3) is 0 Å². The Kier molecular flexibility index (Phi) is 4.59. The van der Waals surface area contributed by atoms with Gasteiger partial charge < -0.3 is 13.9 Å². The summed E-state index contributed by atoms with van der Waals surface area (Å²) in [5, 5.41) is 8.99. The first kappa shape index (κ1) is 14.4. The quantitative estimate of drug-likeness (QED) is 0.345. The van der Waals surface area contributed by atoms with Crippen LogP contribution in [0, 0.1) is 17.2 Å². The van der Waals surface area contributed by atoms with Crippen molar-refractivity contribution in [2.45, 2.75) is 19.3 Å². The standard InChI is InChI=1S/C15H17NO4/c1-10-7-13(10)14-4-3-12(20-14)8-11(9-16)15(17)19-6-5-18-2/h3-4,8,10,13H,5-7H2,1-2H3/b11-8+/t10-,13-/m1/s1. The largest absolute Gasteiger partial charge is 0.461 e. The van der Waals surface area contributed by atoms with Crippen molar-refractivity contribution in [3.05, 3.63) is 29.2 Å². The van der Waals surface area contributed by atoms with Crippen LogP contribution < -0.4 is 0 Å². The Labute approximate surface area is 117 Å². The van der Waals surface area contributed by atoms with Crippen molar-refractivity contribution in [1.29, 1.82) is 5.26 Å². The van der Waals surface area contributed by atoms with E-state index in [9.17, 15) is 4.79 Å². The Morgan fingerprint density at radius 1 is 1.55 bits per heavy atom. The average Bonchev–Trinajstić information content (AvgIpc) is 2.99. The molecule has 1 heterocycles. The third-order valence-electron chi connectivity index (χ3n) is 3.27. The summed E-state index contributed by atoms with van der Waals surface area (Å²) in [7, 11) is 1.51. The van der Waals surface area contributed by atoms with E-state index in [4.69, 9.17) is 19.2 Å². The van der Waals surface area contributed by atoms with Gasteiger partial charge in [-0.3, -0.25) is 0 Å². The Balaban J connectivity index is 2.01. The Morgan fingerprint density at radius 2 is 2.30 bits per heavy atom. The van der Waals surface area contributed by atoms with Gasteiger partial charge in [0.2, 0.25) is 0 Å². The number of ether oxygens (including phenoxy) is 2. The highest BCUT2D eigenvalue weighted by Gasteiger charge is 2.36. The fraction of sp³-hybridized carbons (Fsp3) is 0.467. The summed E-state index contributed by atoms with van der Waals surface area (Å²) in [5.41, 5.74) is -0.0779. The summed E-state index contributed by atoms with van der Waals surface area (Å²) in [6.45, 7) is 2.59. The van der Waals surface area contributed by atoms with Gasteiger partial charge in [-0.05, 0) is 24.5 Å². The molecule has 2 atom stereocenters. The molecule has 5 heteroatoms. The van der Waals surface area contributed by atoms with Crippen LogP contribution in [0.2, 0.25) is 0 Å². The third-order valence-corrected chi connectivity index (χ3v) is 3.27. The molecule has 1 aliphatic rings. The van der Waals surface area contributed by atoms with Gasteiger partial charge >= 0.3 is 5.97 Å². The molecule has 1 fully saturated rings. The molecule has 0 amide bonds. The maximum Gasteiger partial charge on any atom is 0.349 e. The summed E-state index contributed by atoms with van der Waals surface area (Å²) < 4.78 is 15.3. The van der Waals surface area contributed by atoms with Gasteiger partial charge in [-0.15, -0.1) is 0 Å². The fourth-order valence-corrected chi connectivity index (χ4v) is 1.94. The zero-order valence-corrected chi connectivity index (χ0v) is 11.6. The minimum atomic E-state index is -0.665. The van der Waals surface area contributed by atoms with Gasteiger partial charge in [-0.25, -0.2) is 4.79 Å². The molecule has 0 radical (unpaired) electrons. The normalized spacial score (nSPS) is 21.4. The molecule has 1 saturated carbocycles. The van der Waals surface area contributed by atoms with E-state index in [1.807, 2.05) is 12.1 Å². The summed E-state index contributed by atoms with van der Waals surface area (Å²) in [6.07, 6.45) is 2.53. The lowest BCUT2D eigenvalue weighted by Gasteiger charge is -2.01. The average molecular weight is 275 g/mol. The van der Waals surface area contributed by atoms with E-state index in [1.165, 1.54) is 13.2 Å². The lowest BCUT2D eigenvalue weighted by Crippen LogP contribution is -2.11. The van der Waals surface area contributed by atoms with Crippen LogP contribution in [0.5, 0.6) is 0 Å². The van der Waals surface area contributed by atoms with Crippen molar-refractivity contribution in [2.24, 2.45) is 5.92 Å². The summed E-state index contributed by atoms with van der Waals surface area (Å²) in [4.78, 5) is 11.6. The molecule has 0 unspecified atom stereocenters. The highest BCUT2D eigenvalue weighted by Crippen LogP contribution is 2.47. The second-order valence-electron chi connectivity index (χ2n) is 4.86. The van der Waals surface area contributed by atoms with Gasteiger partial charge in [0.15, 0.2) is 0 Å². The number of methoxy groups -OCH3 is 1. The van der Waals surface area contributed by atoms with E-state index in [2.05, 4.69) is 6.92 Å². The van der Waals surface area contributed by atoms with Crippen LogP contribution in [0.3, 0.4) is 0 Å². The molecule has 1 aromatic heterocycles. The van der Waals surface area contributed by atoms with Crippen LogP contribution >= 0.6 is 0 Å². The second-order valence-corrected chi connectivity index (χ2v) is 4.86. The molecule has 20 heavy (non-hydrogen) atoms. The predicted octanol–water partition coefficient (Wildman–Crippen LogP) is 2.50. The summed E-state index contributed by atoms with van der Waals surface area (Å²) >= 11 is 0. The Hall–Kier alpha value is -2.06. The van der Waals surface area contributed by atoms with Gasteiger partial charge in [-0.1, -0.05) is 6.92 Å². The number of hydrogen-bond donors (Lipinski definition) is 0. The van der Waals surface area contributed by atoms with Crippen LogP contribution in [-0.2, 0) is 14.3 Å². The molecule has 0 spiro atoms. The van der Waals surface area contributed by atoms with E-state index in [-0.39, 0.29) is 12.2 Å². The number of nitriles is 1. The first-order chi connectivity index (χ1) is 9.65. The van der Waals surface area contributed by atoms with Crippen molar-refractivity contribution in [3.8, 4) is 6.07 Å². The van der Waals surface area contributed by atoms with Crippen LogP contribution in [0.25, 0.3) is 6.08 Å². The number of furan rings is 1. The molecular formula is C15H17NO4. The molecule has 0 saturated heterocycles. The number of carbonyl (C=O) groups excluding carboxylic acids is 1. The third kappa shape index (κ3) is 3.49. The highest BCUT2D eigenvalue weighted by molar-refractivity contribution is 5.97. The number of esters is 1. The SMILES string of the molecule is COCCOC(=O)/C(C#N)=C/c1ccc([C@@H]2C[C@H]2C)o1. The van der Waals surface area contributed by atoms with Crippen molar-refractivity contribution >= 4 is 12.0 Å². The second kappa shape index (κ2) is 6.40. The molecule has 2 rings (SSSR count). The minimum absolute atomic E-state index is 0.0779. The predicted molar refractivity (Wildman–Crippen MR) is 71.7 cm³/mol. The van der Waals surface area contributed by atoms with E-state index >= 15 is 0 Å². The molecule has 5 nitrogen and oxygen atoms in total. The molecule has 1 aliphatic carbocycles. The molecule has 106 valence electrons. The zero-order chi connectivity index (χ0) is 14.5. The van der Waals surface area contributed by atoms with E-state index in [1.54, 1.807) is 6.07 Å². The molecular weight excluding hydrogens is 258 g/mol. The van der Waals surface area contributed by atoms with Gasteiger partial charge in [-0.2, -0.15) is 5.26 Å². The highest BCUT2D eigenvalue weighted by atomic mass is 16.6. The van der Waals surface area contributed by atoms with Crippen LogP contribution in [0.1, 0.15) is 30.8 Å². The van der Waals surface area contributed by atoms with Crippen LogP contribution in [-0.4, -0.2) is 26.3 Å². The maximum atomic E-state index is 11.6. The first-order valence-electron chi connectivity index (χ1n) is 6.53. The summed E-state index contributed by atoms with van der Waals surface area (Å²) in [5.74, 6) is 1.86. The van der Waals surface area contributed by atoms with Gasteiger partial charge in [0.05, 0.1) is 6.61 Å². The van der Waals surface area contributed by atoms with Crippen molar-refractivity contribution in [1.82, 2.24) is 0 Å². The zero-order valence-electron chi connectivity index (χ0n) is 11.6. The minimum Gasteiger partial charge on any atom is -0.461 e. The number of nitrogens with zero attached hydrogens (tertiary/aromatic N) is 1. The Morgan fingerprint density at radius 3 is 2.90 bits per heavy atom. The molecule has 0 aromatic carbocycles.